The zero-order valence-electron chi connectivity index (χ0n) is 20.9. The van der Waals surface area contributed by atoms with Gasteiger partial charge in [0, 0.05) is 34.8 Å². The summed E-state index contributed by atoms with van der Waals surface area (Å²) >= 11 is 0. The Balaban J connectivity index is 1.47. The molecule has 2 aliphatic rings. The third-order valence-corrected chi connectivity index (χ3v) is 7.54. The van der Waals surface area contributed by atoms with Gasteiger partial charge in [-0.1, -0.05) is 13.0 Å². The number of carbonyl (C=O) groups excluding carboxylic acids is 2. The van der Waals surface area contributed by atoms with E-state index in [1.807, 2.05) is 0 Å². The molecule has 39 heavy (non-hydrogen) atoms. The number of halogens is 5. The molecule has 0 bridgehead atoms. The number of benzene rings is 2. The third-order valence-electron chi connectivity index (χ3n) is 7.54. The minimum absolute atomic E-state index is 0.132. The number of alkyl halides is 3. The van der Waals surface area contributed by atoms with Crippen molar-refractivity contribution < 1.29 is 41.0 Å². The number of ether oxygens (including phenoxy) is 2. The predicted octanol–water partition coefficient (Wildman–Crippen LogP) is 4.94. The summed E-state index contributed by atoms with van der Waals surface area (Å²) in [6, 6.07) is 6.35. The van der Waals surface area contributed by atoms with Gasteiger partial charge in [-0.2, -0.15) is 22.7 Å². The average Bonchev–Trinajstić information content (AvgIpc) is 3.59. The van der Waals surface area contributed by atoms with Gasteiger partial charge in [0.25, 0.3) is 11.8 Å². The number of H-pyrrole nitrogens is 1. The summed E-state index contributed by atoms with van der Waals surface area (Å²) in [4.78, 5) is 27.7. The lowest BCUT2D eigenvalue weighted by Gasteiger charge is -2.32. The lowest BCUT2D eigenvalue weighted by atomic mass is 9.77. The molecular formula is C26H23F5N4O4. The third kappa shape index (κ3) is 4.20. The van der Waals surface area contributed by atoms with Crippen molar-refractivity contribution in [3.05, 3.63) is 71.1 Å². The van der Waals surface area contributed by atoms with E-state index in [1.54, 1.807) is 12.3 Å². The van der Waals surface area contributed by atoms with Crippen molar-refractivity contribution in [2.45, 2.75) is 44.2 Å². The van der Waals surface area contributed by atoms with E-state index in [0.29, 0.717) is 16.8 Å². The molecule has 2 N–H and O–H groups in total. The standard InChI is InChI=1S/C26H23F5N4O4/c1-12-19(17-6-7-18(27)20(28)21(17)38-3)22(39-25(12,2)26(29,30)31)23(36)34-14-4-5-16-13(8-14)11-35(24(16)37)15-9-32-33-10-15/h4-10,12,19,22H,11H2,1-3H3,(H,32,33)(H,34,36)/t12-,19-,22+,25+/m0/s1. The Labute approximate surface area is 219 Å². The van der Waals surface area contributed by atoms with Crippen LogP contribution in [-0.2, 0) is 16.1 Å². The Hall–Kier alpha value is -4.00. The number of methoxy groups -OCH3 is 1. The predicted molar refractivity (Wildman–Crippen MR) is 128 cm³/mol. The molecule has 8 nitrogen and oxygen atoms in total. The Morgan fingerprint density at radius 3 is 2.64 bits per heavy atom. The fraction of sp³-hybridized carbons (Fsp3) is 0.346. The van der Waals surface area contributed by atoms with Gasteiger partial charge in [0.15, 0.2) is 17.2 Å². The first kappa shape index (κ1) is 26.6. The van der Waals surface area contributed by atoms with Crippen molar-refractivity contribution in [3.63, 3.8) is 0 Å². The van der Waals surface area contributed by atoms with Gasteiger partial charge in [-0.15, -0.1) is 0 Å². The van der Waals surface area contributed by atoms with E-state index in [1.165, 1.54) is 30.2 Å². The molecule has 0 saturated carbocycles. The van der Waals surface area contributed by atoms with Crippen LogP contribution in [0.1, 0.15) is 41.3 Å². The second kappa shape index (κ2) is 9.33. The van der Waals surface area contributed by atoms with Crippen molar-refractivity contribution in [1.29, 1.82) is 0 Å². The van der Waals surface area contributed by atoms with E-state index < -0.39 is 53.0 Å². The zero-order valence-corrected chi connectivity index (χ0v) is 20.9. The first-order valence-corrected chi connectivity index (χ1v) is 11.9. The number of amides is 2. The molecule has 5 rings (SSSR count). The minimum atomic E-state index is -4.88. The molecule has 0 spiro atoms. The maximum Gasteiger partial charge on any atom is 0.417 e. The van der Waals surface area contributed by atoms with Gasteiger partial charge in [0.05, 0.1) is 25.5 Å². The first-order chi connectivity index (χ1) is 18.4. The highest BCUT2D eigenvalue weighted by molar-refractivity contribution is 6.10. The lowest BCUT2D eigenvalue weighted by Crippen LogP contribution is -2.47. The maximum atomic E-state index is 14.5. The maximum absolute atomic E-state index is 14.5. The number of aromatic nitrogens is 2. The Bertz CT molecular complexity index is 1440. The number of aromatic amines is 1. The van der Waals surface area contributed by atoms with Crippen molar-refractivity contribution in [3.8, 4) is 5.75 Å². The summed E-state index contributed by atoms with van der Waals surface area (Å²) in [6.07, 6.45) is -3.58. The van der Waals surface area contributed by atoms with Crippen LogP contribution in [0.5, 0.6) is 5.75 Å². The number of fused-ring (bicyclic) bond motifs is 1. The molecule has 0 unspecified atom stereocenters. The number of anilines is 2. The molecular weight excluding hydrogens is 527 g/mol. The Morgan fingerprint density at radius 1 is 1.26 bits per heavy atom. The summed E-state index contributed by atoms with van der Waals surface area (Å²) < 4.78 is 81.3. The number of rotatable bonds is 5. The quantitative estimate of drug-likeness (QED) is 0.439. The van der Waals surface area contributed by atoms with E-state index >= 15 is 0 Å². The van der Waals surface area contributed by atoms with Crippen LogP contribution >= 0.6 is 0 Å². The zero-order chi connectivity index (χ0) is 28.3. The van der Waals surface area contributed by atoms with E-state index in [2.05, 4.69) is 15.5 Å². The molecule has 3 heterocycles. The summed E-state index contributed by atoms with van der Waals surface area (Å²) in [7, 11) is 1.05. The molecule has 206 valence electrons. The van der Waals surface area contributed by atoms with Crippen LogP contribution in [0.4, 0.5) is 33.3 Å². The second-order valence-electron chi connectivity index (χ2n) is 9.65. The van der Waals surface area contributed by atoms with Crippen LogP contribution in [-0.4, -0.2) is 47.0 Å². The molecule has 2 aromatic carbocycles. The van der Waals surface area contributed by atoms with Gasteiger partial charge in [-0.25, -0.2) is 4.39 Å². The van der Waals surface area contributed by atoms with Crippen LogP contribution in [0, 0.1) is 17.6 Å². The molecule has 4 atom stereocenters. The highest BCUT2D eigenvalue weighted by Gasteiger charge is 2.66. The summed E-state index contributed by atoms with van der Waals surface area (Å²) in [6.45, 7) is 2.24. The largest absolute Gasteiger partial charge is 0.493 e. The Kier molecular flexibility index (Phi) is 6.36. The van der Waals surface area contributed by atoms with E-state index in [4.69, 9.17) is 9.47 Å². The van der Waals surface area contributed by atoms with Gasteiger partial charge in [-0.05, 0) is 36.8 Å². The smallest absolute Gasteiger partial charge is 0.417 e. The van der Waals surface area contributed by atoms with Crippen LogP contribution < -0.4 is 15.0 Å². The molecule has 0 aliphatic carbocycles. The highest BCUT2D eigenvalue weighted by Crippen LogP contribution is 2.55. The average molecular weight is 550 g/mol. The molecule has 1 fully saturated rings. The summed E-state index contributed by atoms with van der Waals surface area (Å²) in [5, 5.41) is 9.02. The van der Waals surface area contributed by atoms with Crippen molar-refractivity contribution >= 4 is 23.2 Å². The molecule has 1 aromatic heterocycles. The number of nitrogens with one attached hydrogen (secondary N) is 2. The fourth-order valence-corrected chi connectivity index (χ4v) is 5.25. The van der Waals surface area contributed by atoms with Crippen molar-refractivity contribution in [2.75, 3.05) is 17.3 Å². The molecule has 2 amide bonds. The summed E-state index contributed by atoms with van der Waals surface area (Å²) in [5.41, 5.74) is -1.16. The van der Waals surface area contributed by atoms with E-state index in [0.717, 1.165) is 26.2 Å². The van der Waals surface area contributed by atoms with Crippen LogP contribution in [0.3, 0.4) is 0 Å². The minimum Gasteiger partial charge on any atom is -0.493 e. The topological polar surface area (TPSA) is 96.5 Å². The SMILES string of the molecule is COc1c([C@H]2[C@H](C(=O)Nc3ccc4c(c3)CN(c3cn[nH]c3)C4=O)O[C@@](C)(C(F)(F)F)[C@H]2C)ccc(F)c1F. The highest BCUT2D eigenvalue weighted by atomic mass is 19.4. The number of nitrogens with zero attached hydrogens (tertiary/aromatic N) is 2. The molecule has 0 radical (unpaired) electrons. The van der Waals surface area contributed by atoms with Gasteiger partial charge in [0.2, 0.25) is 5.82 Å². The number of hydrogen-bond acceptors (Lipinski definition) is 5. The van der Waals surface area contributed by atoms with Crippen LogP contribution in [0.15, 0.2) is 42.7 Å². The van der Waals surface area contributed by atoms with E-state index in [-0.39, 0.29) is 23.7 Å². The fourth-order valence-electron chi connectivity index (χ4n) is 5.25. The van der Waals surface area contributed by atoms with E-state index in [9.17, 15) is 31.5 Å². The molecule has 1 saturated heterocycles. The van der Waals surface area contributed by atoms with Gasteiger partial charge >= 0.3 is 6.18 Å². The van der Waals surface area contributed by atoms with Crippen LogP contribution in [0.25, 0.3) is 0 Å². The number of hydrogen-bond donors (Lipinski definition) is 2. The second-order valence-corrected chi connectivity index (χ2v) is 9.65. The number of carbonyl (C=O) groups is 2. The van der Waals surface area contributed by atoms with Crippen LogP contribution in [0.2, 0.25) is 0 Å². The first-order valence-electron chi connectivity index (χ1n) is 11.9. The normalized spacial score (nSPS) is 24.7. The van der Waals surface area contributed by atoms with Crippen molar-refractivity contribution in [1.82, 2.24) is 10.2 Å². The Morgan fingerprint density at radius 2 is 2.00 bits per heavy atom. The van der Waals surface area contributed by atoms with Gasteiger partial charge in [0.1, 0.15) is 6.10 Å². The van der Waals surface area contributed by atoms with Crippen molar-refractivity contribution in [2.24, 2.45) is 5.92 Å². The molecule has 13 heteroatoms. The monoisotopic (exact) mass is 550 g/mol. The van der Waals surface area contributed by atoms with Gasteiger partial charge < -0.3 is 19.7 Å². The summed E-state index contributed by atoms with van der Waals surface area (Å²) in [5.74, 6) is -7.16. The molecule has 3 aromatic rings. The lowest BCUT2D eigenvalue weighted by molar-refractivity contribution is -0.272. The van der Waals surface area contributed by atoms with Gasteiger partial charge in [-0.3, -0.25) is 14.7 Å². The molecule has 2 aliphatic heterocycles.